The van der Waals surface area contributed by atoms with Gasteiger partial charge >= 0.3 is 5.97 Å². The van der Waals surface area contributed by atoms with Gasteiger partial charge in [-0.3, -0.25) is 9.59 Å². The standard InChI is InChI=1S/C16H17F2NO3/c17-12-5-1-3-8(14(12)18)10-7-11(10)15(20)19-13-6-2-4-9(13)16(21)22/h1,3,5,9-11,13H,2,4,6-7H2,(H,19,20)(H,21,22)/t9-,10?,11?,13+/m1/s1. The first kappa shape index (κ1) is 14.9. The van der Waals surface area contributed by atoms with E-state index in [1.54, 1.807) is 0 Å². The van der Waals surface area contributed by atoms with Crippen LogP contribution in [0.5, 0.6) is 0 Å². The number of amides is 1. The highest BCUT2D eigenvalue weighted by atomic mass is 19.2. The van der Waals surface area contributed by atoms with E-state index in [2.05, 4.69) is 5.32 Å². The largest absolute Gasteiger partial charge is 0.481 e. The van der Waals surface area contributed by atoms with Gasteiger partial charge in [-0.15, -0.1) is 0 Å². The maximum atomic E-state index is 13.7. The Morgan fingerprint density at radius 1 is 1.18 bits per heavy atom. The van der Waals surface area contributed by atoms with Gasteiger partial charge in [0.1, 0.15) is 0 Å². The van der Waals surface area contributed by atoms with Crippen LogP contribution in [-0.2, 0) is 9.59 Å². The molecule has 0 saturated heterocycles. The lowest BCUT2D eigenvalue weighted by Gasteiger charge is -2.17. The van der Waals surface area contributed by atoms with Gasteiger partial charge in [0.05, 0.1) is 5.92 Å². The van der Waals surface area contributed by atoms with Crippen LogP contribution >= 0.6 is 0 Å². The molecule has 3 rings (SSSR count). The number of hydrogen-bond donors (Lipinski definition) is 2. The van der Waals surface area contributed by atoms with E-state index in [-0.39, 0.29) is 23.4 Å². The molecule has 0 heterocycles. The lowest BCUT2D eigenvalue weighted by molar-refractivity contribution is -0.142. The average molecular weight is 309 g/mol. The van der Waals surface area contributed by atoms with Crippen molar-refractivity contribution in [3.05, 3.63) is 35.4 Å². The predicted molar refractivity (Wildman–Crippen MR) is 74.1 cm³/mol. The molecule has 6 heteroatoms. The number of nitrogens with one attached hydrogen (secondary N) is 1. The Balaban J connectivity index is 1.63. The molecule has 1 aromatic rings. The molecular weight excluding hydrogens is 292 g/mol. The van der Waals surface area contributed by atoms with E-state index >= 15 is 0 Å². The number of carboxylic acid groups (broad SMARTS) is 1. The number of halogens is 2. The Morgan fingerprint density at radius 3 is 2.68 bits per heavy atom. The van der Waals surface area contributed by atoms with E-state index in [1.165, 1.54) is 12.1 Å². The number of carboxylic acids is 1. The highest BCUT2D eigenvalue weighted by molar-refractivity contribution is 5.84. The molecule has 2 aliphatic rings. The van der Waals surface area contributed by atoms with Gasteiger partial charge in [0, 0.05) is 12.0 Å². The molecular formula is C16H17F2NO3. The molecule has 4 atom stereocenters. The summed E-state index contributed by atoms with van der Waals surface area (Å²) in [7, 11) is 0. The molecule has 0 radical (unpaired) electrons. The van der Waals surface area contributed by atoms with E-state index in [0.717, 1.165) is 12.5 Å². The molecule has 2 aliphatic carbocycles. The fourth-order valence-electron chi connectivity index (χ4n) is 3.35. The van der Waals surface area contributed by atoms with Crippen LogP contribution < -0.4 is 5.32 Å². The molecule has 0 aromatic heterocycles. The van der Waals surface area contributed by atoms with Crippen molar-refractivity contribution in [1.82, 2.24) is 5.32 Å². The van der Waals surface area contributed by atoms with Crippen LogP contribution in [0.1, 0.15) is 37.2 Å². The Labute approximate surface area is 126 Å². The summed E-state index contributed by atoms with van der Waals surface area (Å²) in [6.45, 7) is 0. The van der Waals surface area contributed by atoms with E-state index in [9.17, 15) is 18.4 Å². The molecule has 0 spiro atoms. The van der Waals surface area contributed by atoms with E-state index in [4.69, 9.17) is 5.11 Å². The van der Waals surface area contributed by atoms with Crippen molar-refractivity contribution < 1.29 is 23.5 Å². The normalized spacial score (nSPS) is 30.1. The van der Waals surface area contributed by atoms with Crippen LogP contribution in [0.3, 0.4) is 0 Å². The molecule has 2 saturated carbocycles. The molecule has 4 nitrogen and oxygen atoms in total. The predicted octanol–water partition coefficient (Wildman–Crippen LogP) is 2.44. The van der Waals surface area contributed by atoms with Gasteiger partial charge in [-0.25, -0.2) is 8.78 Å². The fourth-order valence-corrected chi connectivity index (χ4v) is 3.35. The summed E-state index contributed by atoms with van der Waals surface area (Å²) in [4.78, 5) is 23.3. The first-order chi connectivity index (χ1) is 10.5. The monoisotopic (exact) mass is 309 g/mol. The summed E-state index contributed by atoms with van der Waals surface area (Å²) in [6.07, 6.45) is 2.45. The summed E-state index contributed by atoms with van der Waals surface area (Å²) in [5.41, 5.74) is 0.223. The van der Waals surface area contributed by atoms with Crippen LogP contribution in [0, 0.1) is 23.5 Å². The van der Waals surface area contributed by atoms with Crippen LogP contribution in [0.4, 0.5) is 8.78 Å². The van der Waals surface area contributed by atoms with Gasteiger partial charge in [0.15, 0.2) is 11.6 Å². The van der Waals surface area contributed by atoms with Crippen molar-refractivity contribution in [3.63, 3.8) is 0 Å². The SMILES string of the molecule is O=C(N[C@H]1CCC[C@H]1C(=O)O)C1CC1c1cccc(F)c1F. The smallest absolute Gasteiger partial charge is 0.308 e. The van der Waals surface area contributed by atoms with Crippen LogP contribution in [0.25, 0.3) is 0 Å². The highest BCUT2D eigenvalue weighted by Gasteiger charge is 2.47. The minimum atomic E-state index is -0.912. The molecule has 22 heavy (non-hydrogen) atoms. The van der Waals surface area contributed by atoms with Crippen molar-refractivity contribution >= 4 is 11.9 Å². The minimum absolute atomic E-state index is 0.223. The van der Waals surface area contributed by atoms with Crippen molar-refractivity contribution in [2.75, 3.05) is 0 Å². The first-order valence-corrected chi connectivity index (χ1v) is 7.46. The molecule has 2 unspecified atom stereocenters. The lowest BCUT2D eigenvalue weighted by atomic mass is 10.0. The molecule has 2 N–H and O–H groups in total. The van der Waals surface area contributed by atoms with Gasteiger partial charge in [0.25, 0.3) is 0 Å². The average Bonchev–Trinajstić information content (AvgIpc) is 3.13. The summed E-state index contributed by atoms with van der Waals surface area (Å²) in [6, 6.07) is 3.61. The van der Waals surface area contributed by atoms with Crippen LogP contribution in [0.2, 0.25) is 0 Å². The van der Waals surface area contributed by atoms with E-state index < -0.39 is 29.4 Å². The van der Waals surface area contributed by atoms with Crippen molar-refractivity contribution in [2.45, 2.75) is 37.6 Å². The minimum Gasteiger partial charge on any atom is -0.481 e. The van der Waals surface area contributed by atoms with Gasteiger partial charge in [-0.05, 0) is 36.8 Å². The van der Waals surface area contributed by atoms with Crippen LogP contribution in [0.15, 0.2) is 18.2 Å². The van der Waals surface area contributed by atoms with Crippen LogP contribution in [-0.4, -0.2) is 23.0 Å². The zero-order chi connectivity index (χ0) is 15.9. The number of carbonyl (C=O) groups excluding carboxylic acids is 1. The van der Waals surface area contributed by atoms with Gasteiger partial charge < -0.3 is 10.4 Å². The molecule has 1 aromatic carbocycles. The van der Waals surface area contributed by atoms with Gasteiger partial charge in [0.2, 0.25) is 5.91 Å². The third-order valence-corrected chi connectivity index (χ3v) is 4.67. The number of benzene rings is 1. The zero-order valence-electron chi connectivity index (χ0n) is 11.9. The Hall–Kier alpha value is -1.98. The quantitative estimate of drug-likeness (QED) is 0.898. The Kier molecular flexibility index (Phi) is 3.85. The molecule has 0 aliphatic heterocycles. The summed E-state index contributed by atoms with van der Waals surface area (Å²) in [5, 5.41) is 11.9. The molecule has 0 bridgehead atoms. The van der Waals surface area contributed by atoms with Gasteiger partial charge in [-0.1, -0.05) is 18.6 Å². The number of hydrogen-bond acceptors (Lipinski definition) is 2. The zero-order valence-corrected chi connectivity index (χ0v) is 11.9. The topological polar surface area (TPSA) is 66.4 Å². The second-order valence-electron chi connectivity index (χ2n) is 6.08. The Morgan fingerprint density at radius 2 is 1.95 bits per heavy atom. The van der Waals surface area contributed by atoms with Crippen molar-refractivity contribution in [2.24, 2.45) is 11.8 Å². The van der Waals surface area contributed by atoms with E-state index in [0.29, 0.717) is 19.3 Å². The first-order valence-electron chi connectivity index (χ1n) is 7.46. The number of aliphatic carboxylic acids is 1. The third-order valence-electron chi connectivity index (χ3n) is 4.67. The maximum Gasteiger partial charge on any atom is 0.308 e. The summed E-state index contributed by atoms with van der Waals surface area (Å²) in [5.74, 6) is -4.23. The van der Waals surface area contributed by atoms with Gasteiger partial charge in [-0.2, -0.15) is 0 Å². The molecule has 2 fully saturated rings. The van der Waals surface area contributed by atoms with Crippen molar-refractivity contribution in [1.29, 1.82) is 0 Å². The molecule has 118 valence electrons. The highest BCUT2D eigenvalue weighted by Crippen LogP contribution is 2.48. The lowest BCUT2D eigenvalue weighted by Crippen LogP contribution is -2.41. The second-order valence-corrected chi connectivity index (χ2v) is 6.08. The second kappa shape index (κ2) is 5.66. The molecule has 1 amide bonds. The van der Waals surface area contributed by atoms with E-state index in [1.807, 2.05) is 0 Å². The third kappa shape index (κ3) is 2.69. The number of carbonyl (C=O) groups is 2. The van der Waals surface area contributed by atoms with Crippen molar-refractivity contribution in [3.8, 4) is 0 Å². The summed E-state index contributed by atoms with van der Waals surface area (Å²) >= 11 is 0. The number of rotatable bonds is 4. The Bertz CT molecular complexity index is 619. The summed E-state index contributed by atoms with van der Waals surface area (Å²) < 4.78 is 26.9. The fraction of sp³-hybridized carbons (Fsp3) is 0.500. The maximum absolute atomic E-state index is 13.7.